The summed E-state index contributed by atoms with van der Waals surface area (Å²) in [7, 11) is 0. The van der Waals surface area contributed by atoms with Gasteiger partial charge in [-0.25, -0.2) is 4.39 Å². The molecular formula is C14H13FN4O. The topological polar surface area (TPSA) is 65.4 Å². The Morgan fingerprint density at radius 1 is 1.25 bits per heavy atom. The number of halogens is 1. The smallest absolute Gasteiger partial charge is 0.184 e. The van der Waals surface area contributed by atoms with Crippen molar-refractivity contribution in [2.24, 2.45) is 0 Å². The van der Waals surface area contributed by atoms with Crippen LogP contribution in [0.1, 0.15) is 6.92 Å². The SMILES string of the molecule is CCOc1ccc(-c2nnc3c(N)cc(F)cn23)cc1. The number of rotatable bonds is 3. The Morgan fingerprint density at radius 2 is 2.00 bits per heavy atom. The number of fused-ring (bicyclic) bond motifs is 1. The highest BCUT2D eigenvalue weighted by atomic mass is 19.1. The van der Waals surface area contributed by atoms with E-state index in [1.54, 1.807) is 4.40 Å². The van der Waals surface area contributed by atoms with Gasteiger partial charge in [-0.15, -0.1) is 10.2 Å². The Labute approximate surface area is 114 Å². The highest BCUT2D eigenvalue weighted by Crippen LogP contribution is 2.24. The fourth-order valence-corrected chi connectivity index (χ4v) is 2.05. The van der Waals surface area contributed by atoms with Gasteiger partial charge in [-0.2, -0.15) is 0 Å². The van der Waals surface area contributed by atoms with Crippen molar-refractivity contribution in [3.05, 3.63) is 42.3 Å². The molecule has 102 valence electrons. The predicted octanol–water partition coefficient (Wildman–Crippen LogP) is 2.52. The quantitative estimate of drug-likeness (QED) is 0.795. The molecule has 0 aliphatic heterocycles. The number of ether oxygens (including phenoxy) is 1. The van der Waals surface area contributed by atoms with E-state index in [9.17, 15) is 4.39 Å². The Hall–Kier alpha value is -2.63. The fourth-order valence-electron chi connectivity index (χ4n) is 2.05. The van der Waals surface area contributed by atoms with Gasteiger partial charge in [-0.3, -0.25) is 4.40 Å². The van der Waals surface area contributed by atoms with Crippen molar-refractivity contribution in [1.29, 1.82) is 0 Å². The second-order valence-electron chi connectivity index (χ2n) is 4.29. The van der Waals surface area contributed by atoms with Gasteiger partial charge < -0.3 is 10.5 Å². The summed E-state index contributed by atoms with van der Waals surface area (Å²) in [5, 5.41) is 8.05. The minimum absolute atomic E-state index is 0.259. The third kappa shape index (κ3) is 2.05. The zero-order chi connectivity index (χ0) is 14.1. The third-order valence-corrected chi connectivity index (χ3v) is 2.92. The number of nitrogens with zero attached hydrogens (tertiary/aromatic N) is 3. The molecule has 0 bridgehead atoms. The van der Waals surface area contributed by atoms with Crippen LogP contribution in [0, 0.1) is 5.82 Å². The molecular weight excluding hydrogens is 259 g/mol. The van der Waals surface area contributed by atoms with Crippen molar-refractivity contribution in [3.8, 4) is 17.1 Å². The van der Waals surface area contributed by atoms with Crippen molar-refractivity contribution in [2.45, 2.75) is 6.92 Å². The van der Waals surface area contributed by atoms with E-state index < -0.39 is 5.82 Å². The number of hydrogen-bond acceptors (Lipinski definition) is 4. The maximum absolute atomic E-state index is 13.5. The molecule has 0 saturated heterocycles. The number of anilines is 1. The first-order valence-electron chi connectivity index (χ1n) is 6.22. The van der Waals surface area contributed by atoms with Gasteiger partial charge in [-0.1, -0.05) is 0 Å². The van der Waals surface area contributed by atoms with E-state index in [4.69, 9.17) is 10.5 Å². The lowest BCUT2D eigenvalue weighted by atomic mass is 10.2. The molecule has 0 aliphatic carbocycles. The normalized spacial score (nSPS) is 10.9. The number of benzene rings is 1. The van der Waals surface area contributed by atoms with E-state index in [-0.39, 0.29) is 5.69 Å². The first-order chi connectivity index (χ1) is 9.69. The Kier molecular flexibility index (Phi) is 2.98. The second kappa shape index (κ2) is 4.80. The van der Waals surface area contributed by atoms with Gasteiger partial charge in [0, 0.05) is 17.8 Å². The molecule has 20 heavy (non-hydrogen) atoms. The summed E-state index contributed by atoms with van der Waals surface area (Å²) in [4.78, 5) is 0. The molecule has 3 rings (SSSR count). The van der Waals surface area contributed by atoms with E-state index in [2.05, 4.69) is 10.2 Å². The lowest BCUT2D eigenvalue weighted by molar-refractivity contribution is 0.340. The predicted molar refractivity (Wildman–Crippen MR) is 74.0 cm³/mol. The second-order valence-corrected chi connectivity index (χ2v) is 4.29. The molecule has 0 aliphatic rings. The molecule has 6 heteroatoms. The Bertz CT molecular complexity index is 752. The van der Waals surface area contributed by atoms with Crippen LogP contribution < -0.4 is 10.5 Å². The number of hydrogen-bond donors (Lipinski definition) is 1. The Balaban J connectivity index is 2.10. The highest BCUT2D eigenvalue weighted by Gasteiger charge is 2.11. The lowest BCUT2D eigenvalue weighted by Crippen LogP contribution is -1.96. The first kappa shape index (κ1) is 12.4. The van der Waals surface area contributed by atoms with Gasteiger partial charge in [0.15, 0.2) is 11.5 Å². The summed E-state index contributed by atoms with van der Waals surface area (Å²) in [6, 6.07) is 8.60. The zero-order valence-corrected chi connectivity index (χ0v) is 10.9. The van der Waals surface area contributed by atoms with Crippen LogP contribution in [0.25, 0.3) is 17.0 Å². The van der Waals surface area contributed by atoms with Gasteiger partial charge >= 0.3 is 0 Å². The van der Waals surface area contributed by atoms with Crippen molar-refractivity contribution < 1.29 is 9.13 Å². The molecule has 0 amide bonds. The average Bonchev–Trinajstić information content (AvgIpc) is 2.84. The van der Waals surface area contributed by atoms with E-state index >= 15 is 0 Å². The molecule has 5 nitrogen and oxygen atoms in total. The average molecular weight is 272 g/mol. The highest BCUT2D eigenvalue weighted by molar-refractivity contribution is 5.69. The zero-order valence-electron chi connectivity index (χ0n) is 10.9. The monoisotopic (exact) mass is 272 g/mol. The summed E-state index contributed by atoms with van der Waals surface area (Å²) in [6.07, 6.45) is 1.32. The molecule has 0 saturated carbocycles. The van der Waals surface area contributed by atoms with Crippen LogP contribution >= 0.6 is 0 Å². The molecule has 2 aromatic heterocycles. The van der Waals surface area contributed by atoms with E-state index in [1.807, 2.05) is 31.2 Å². The standard InChI is InChI=1S/C14H13FN4O/c1-2-20-11-5-3-9(4-6-11)13-17-18-14-12(16)7-10(15)8-19(13)14/h3-8H,2,16H2,1H3. The van der Waals surface area contributed by atoms with Crippen molar-refractivity contribution >= 4 is 11.3 Å². The first-order valence-corrected chi connectivity index (χ1v) is 6.22. The summed E-state index contributed by atoms with van der Waals surface area (Å²) in [5.74, 6) is 0.881. The molecule has 1 aromatic carbocycles. The molecule has 3 aromatic rings. The van der Waals surface area contributed by atoms with Gasteiger partial charge in [0.2, 0.25) is 0 Å². The van der Waals surface area contributed by atoms with Gasteiger partial charge in [0.25, 0.3) is 0 Å². The van der Waals surface area contributed by atoms with Gasteiger partial charge in [-0.05, 0) is 31.2 Å². The molecule has 2 N–H and O–H groups in total. The van der Waals surface area contributed by atoms with Crippen LogP contribution in [0.5, 0.6) is 5.75 Å². The van der Waals surface area contributed by atoms with Crippen LogP contribution in [0.2, 0.25) is 0 Å². The summed E-state index contributed by atoms with van der Waals surface area (Å²) < 4.78 is 20.4. The van der Waals surface area contributed by atoms with Crippen LogP contribution in [0.4, 0.5) is 10.1 Å². The molecule has 2 heterocycles. The van der Waals surface area contributed by atoms with Gasteiger partial charge in [0.05, 0.1) is 12.3 Å². The van der Waals surface area contributed by atoms with E-state index in [0.717, 1.165) is 11.3 Å². The molecule has 0 fully saturated rings. The number of pyridine rings is 1. The maximum Gasteiger partial charge on any atom is 0.184 e. The van der Waals surface area contributed by atoms with Crippen LogP contribution in [-0.4, -0.2) is 21.2 Å². The van der Waals surface area contributed by atoms with Crippen LogP contribution in [0.15, 0.2) is 36.5 Å². The number of nitrogen functional groups attached to an aromatic ring is 1. The van der Waals surface area contributed by atoms with E-state index in [1.165, 1.54) is 12.3 Å². The lowest BCUT2D eigenvalue weighted by Gasteiger charge is -2.04. The Morgan fingerprint density at radius 3 is 2.70 bits per heavy atom. The third-order valence-electron chi connectivity index (χ3n) is 2.92. The van der Waals surface area contributed by atoms with Crippen molar-refractivity contribution in [1.82, 2.24) is 14.6 Å². The maximum atomic E-state index is 13.5. The summed E-state index contributed by atoms with van der Waals surface area (Å²) >= 11 is 0. The summed E-state index contributed by atoms with van der Waals surface area (Å²) in [5.41, 5.74) is 7.24. The molecule has 0 atom stereocenters. The molecule has 0 unspecified atom stereocenters. The largest absolute Gasteiger partial charge is 0.494 e. The van der Waals surface area contributed by atoms with Crippen molar-refractivity contribution in [2.75, 3.05) is 12.3 Å². The number of aromatic nitrogens is 3. The fraction of sp³-hybridized carbons (Fsp3) is 0.143. The van der Waals surface area contributed by atoms with E-state index in [0.29, 0.717) is 18.1 Å². The van der Waals surface area contributed by atoms with Crippen molar-refractivity contribution in [3.63, 3.8) is 0 Å². The van der Waals surface area contributed by atoms with Crippen LogP contribution in [0.3, 0.4) is 0 Å². The van der Waals surface area contributed by atoms with Gasteiger partial charge in [0.1, 0.15) is 11.6 Å². The number of nitrogens with two attached hydrogens (primary N) is 1. The van der Waals surface area contributed by atoms with Crippen LogP contribution in [-0.2, 0) is 0 Å². The minimum Gasteiger partial charge on any atom is -0.494 e. The molecule has 0 radical (unpaired) electrons. The minimum atomic E-state index is -0.429. The molecule has 0 spiro atoms. The summed E-state index contributed by atoms with van der Waals surface area (Å²) in [6.45, 7) is 2.53.